The molecule has 244 valence electrons. The zero-order valence-corrected chi connectivity index (χ0v) is 27.8. The van der Waals surface area contributed by atoms with Crippen molar-refractivity contribution in [1.82, 2.24) is 39.5 Å². The molecule has 7 rings (SSSR count). The number of rotatable bonds is 8. The number of hydrogen-bond donors (Lipinski definition) is 1. The maximum absolute atomic E-state index is 14.2. The van der Waals surface area contributed by atoms with E-state index >= 15 is 0 Å². The van der Waals surface area contributed by atoms with Crippen molar-refractivity contribution in [2.24, 2.45) is 11.3 Å². The van der Waals surface area contributed by atoms with E-state index in [1.807, 2.05) is 19.9 Å². The minimum Gasteiger partial charge on any atom is -0.325 e. The molecule has 12 nitrogen and oxygen atoms in total. The number of amides is 2. The van der Waals surface area contributed by atoms with Crippen molar-refractivity contribution >= 4 is 50.2 Å². The quantitative estimate of drug-likeness (QED) is 0.212. The summed E-state index contributed by atoms with van der Waals surface area (Å²) in [5.41, 5.74) is 2.12. The van der Waals surface area contributed by atoms with Gasteiger partial charge in [-0.1, -0.05) is 13.0 Å². The maximum Gasteiger partial charge on any atom is 0.272 e. The molecule has 1 saturated carbocycles. The Balaban J connectivity index is 1.20. The van der Waals surface area contributed by atoms with Crippen LogP contribution in [0, 0.1) is 25.2 Å². The second kappa shape index (κ2) is 11.2. The standard InChI is InChI=1S/C32H32BrF2N9O3/c1-16-5-6-25(33)39-29(16)40-30(47)23-8-31(13-42-14-32(34,35)15-42)17(2)28(31)44(23)26(46)12-43-24-11-38-22(20-9-36-19(4)37-10-20)7-21(24)27(41-43)18(3)45/h5-7,9-11,17,23,28H,8,12-15H2,1-4H3,(H,39,40,47)/t17-,23+,28+,31+/m1/s1. The molecule has 15 heteroatoms. The number of hydrogen-bond acceptors (Lipinski definition) is 9. The highest BCUT2D eigenvalue weighted by Crippen LogP contribution is 2.65. The summed E-state index contributed by atoms with van der Waals surface area (Å²) in [6.45, 7) is 6.43. The molecule has 47 heavy (non-hydrogen) atoms. The van der Waals surface area contributed by atoms with Crippen molar-refractivity contribution in [3.8, 4) is 11.3 Å². The van der Waals surface area contributed by atoms with Crippen molar-refractivity contribution in [3.63, 3.8) is 0 Å². The lowest BCUT2D eigenvalue weighted by molar-refractivity contribution is -0.139. The minimum atomic E-state index is -2.73. The second-order valence-electron chi connectivity index (χ2n) is 12.9. The first-order valence-electron chi connectivity index (χ1n) is 15.3. The van der Waals surface area contributed by atoms with E-state index in [9.17, 15) is 23.2 Å². The predicted octanol–water partition coefficient (Wildman–Crippen LogP) is 4.06. The van der Waals surface area contributed by atoms with Crippen molar-refractivity contribution in [1.29, 1.82) is 0 Å². The molecule has 4 atom stereocenters. The SMILES string of the molecule is CC(=O)c1nn(CC(=O)N2[C@H]3[C@@H](C)[C@@]3(CN3CC(F)(F)C3)C[C@H]2C(=O)Nc2nc(Br)ccc2C)c2cnc(-c3cnc(C)nc3)cc12. The van der Waals surface area contributed by atoms with Crippen LogP contribution in [-0.4, -0.2) is 94.8 Å². The van der Waals surface area contributed by atoms with E-state index in [1.165, 1.54) is 11.6 Å². The number of fused-ring (bicyclic) bond motifs is 2. The van der Waals surface area contributed by atoms with Crippen LogP contribution >= 0.6 is 15.9 Å². The lowest BCUT2D eigenvalue weighted by Gasteiger charge is -2.40. The van der Waals surface area contributed by atoms with Crippen molar-refractivity contribution in [2.75, 3.05) is 25.0 Å². The van der Waals surface area contributed by atoms with Crippen molar-refractivity contribution < 1.29 is 23.2 Å². The van der Waals surface area contributed by atoms with Crippen molar-refractivity contribution in [3.05, 3.63) is 58.5 Å². The molecular formula is C32H32BrF2N9O3. The highest BCUT2D eigenvalue weighted by molar-refractivity contribution is 9.10. The van der Waals surface area contributed by atoms with Crippen LogP contribution in [0.5, 0.6) is 0 Å². The number of likely N-dealkylation sites (tertiary alicyclic amines) is 2. The summed E-state index contributed by atoms with van der Waals surface area (Å²) in [5, 5.41) is 7.92. The van der Waals surface area contributed by atoms with E-state index in [0.717, 1.165) is 5.56 Å². The first kappa shape index (κ1) is 31.4. The van der Waals surface area contributed by atoms with Gasteiger partial charge in [0.15, 0.2) is 5.78 Å². The summed E-state index contributed by atoms with van der Waals surface area (Å²) >= 11 is 3.34. The normalized spacial score (nSPS) is 24.6. The number of Topliss-reactive ketones (excluding diaryl/α,β-unsaturated/α-hetero) is 1. The fourth-order valence-electron chi connectivity index (χ4n) is 7.31. The number of halogens is 3. The molecule has 2 aliphatic heterocycles. The van der Waals surface area contributed by atoms with Gasteiger partial charge in [0.05, 0.1) is 30.5 Å². The Bertz CT molecular complexity index is 1940. The van der Waals surface area contributed by atoms with Gasteiger partial charge in [0.1, 0.15) is 34.5 Å². The molecule has 2 saturated heterocycles. The van der Waals surface area contributed by atoms with Crippen LogP contribution in [-0.2, 0) is 16.1 Å². The lowest BCUT2D eigenvalue weighted by Crippen LogP contribution is -2.57. The van der Waals surface area contributed by atoms with Crippen LogP contribution < -0.4 is 5.32 Å². The summed E-state index contributed by atoms with van der Waals surface area (Å²) in [6, 6.07) is 4.13. The van der Waals surface area contributed by atoms with Crippen LogP contribution in [0.1, 0.15) is 42.1 Å². The average Bonchev–Trinajstić information content (AvgIpc) is 3.28. The van der Waals surface area contributed by atoms with Gasteiger partial charge in [-0.25, -0.2) is 23.7 Å². The Morgan fingerprint density at radius 2 is 1.81 bits per heavy atom. The Hall–Kier alpha value is -4.24. The van der Waals surface area contributed by atoms with Crippen LogP contribution in [0.4, 0.5) is 14.6 Å². The van der Waals surface area contributed by atoms with E-state index in [1.54, 1.807) is 47.4 Å². The van der Waals surface area contributed by atoms with Gasteiger partial charge in [-0.2, -0.15) is 5.10 Å². The van der Waals surface area contributed by atoms with Gasteiger partial charge < -0.3 is 10.2 Å². The molecule has 0 spiro atoms. The van der Waals surface area contributed by atoms with Crippen LogP contribution in [0.2, 0.25) is 0 Å². The van der Waals surface area contributed by atoms with Gasteiger partial charge in [0, 0.05) is 48.3 Å². The van der Waals surface area contributed by atoms with Gasteiger partial charge in [-0.15, -0.1) is 0 Å². The third kappa shape index (κ3) is 5.48. The minimum absolute atomic E-state index is 0.00134. The Morgan fingerprint density at radius 1 is 1.09 bits per heavy atom. The number of piperidine rings is 1. The molecular weight excluding hydrogens is 676 g/mol. The summed E-state index contributed by atoms with van der Waals surface area (Å²) in [6.07, 6.45) is 5.17. The van der Waals surface area contributed by atoms with E-state index in [4.69, 9.17) is 0 Å². The molecule has 4 aromatic rings. The van der Waals surface area contributed by atoms with Crippen LogP contribution in [0.15, 0.2) is 41.4 Å². The molecule has 1 aliphatic carbocycles. The first-order chi connectivity index (χ1) is 22.3. The maximum atomic E-state index is 14.2. The lowest BCUT2D eigenvalue weighted by atomic mass is 9.93. The number of nitrogens with zero attached hydrogens (tertiary/aromatic N) is 8. The van der Waals surface area contributed by atoms with Gasteiger partial charge in [-0.05, 0) is 59.8 Å². The zero-order valence-electron chi connectivity index (χ0n) is 26.2. The monoisotopic (exact) mass is 707 g/mol. The number of carbonyl (C=O) groups is 3. The summed E-state index contributed by atoms with van der Waals surface area (Å²) in [7, 11) is 0. The topological polar surface area (TPSA) is 139 Å². The van der Waals surface area contributed by atoms with E-state index < -0.39 is 23.3 Å². The van der Waals surface area contributed by atoms with Gasteiger partial charge >= 0.3 is 0 Å². The molecule has 1 N–H and O–H groups in total. The Morgan fingerprint density at radius 3 is 2.49 bits per heavy atom. The second-order valence-corrected chi connectivity index (χ2v) is 13.8. The predicted molar refractivity (Wildman–Crippen MR) is 171 cm³/mol. The Labute approximate surface area is 277 Å². The molecule has 3 fully saturated rings. The van der Waals surface area contributed by atoms with Gasteiger partial charge in [0.25, 0.3) is 5.92 Å². The smallest absolute Gasteiger partial charge is 0.272 e. The Kier molecular flexibility index (Phi) is 7.46. The molecule has 2 amide bonds. The van der Waals surface area contributed by atoms with Gasteiger partial charge in [0.2, 0.25) is 11.8 Å². The van der Waals surface area contributed by atoms with Crippen LogP contribution in [0.25, 0.3) is 22.2 Å². The molecule has 0 bridgehead atoms. The molecule has 0 radical (unpaired) electrons. The molecule has 4 aromatic heterocycles. The third-order valence-corrected chi connectivity index (χ3v) is 10.2. The number of anilines is 1. The largest absolute Gasteiger partial charge is 0.325 e. The first-order valence-corrected chi connectivity index (χ1v) is 16.1. The number of aryl methyl sites for hydroxylation is 2. The average molecular weight is 709 g/mol. The molecule has 0 unspecified atom stereocenters. The number of pyridine rings is 2. The third-order valence-electron chi connectivity index (χ3n) is 9.72. The zero-order chi connectivity index (χ0) is 33.4. The van der Waals surface area contributed by atoms with E-state index in [2.05, 4.69) is 46.3 Å². The summed E-state index contributed by atoms with van der Waals surface area (Å²) in [4.78, 5) is 61.4. The highest BCUT2D eigenvalue weighted by Gasteiger charge is 2.73. The van der Waals surface area contributed by atoms with Crippen LogP contribution in [0.3, 0.4) is 0 Å². The fourth-order valence-corrected chi connectivity index (χ4v) is 7.62. The van der Waals surface area contributed by atoms with E-state index in [-0.39, 0.29) is 49.0 Å². The number of carbonyl (C=O) groups excluding carboxylic acids is 3. The highest BCUT2D eigenvalue weighted by atomic mass is 79.9. The number of ketones is 1. The molecule has 0 aromatic carbocycles. The van der Waals surface area contributed by atoms with Gasteiger partial charge in [-0.3, -0.25) is 28.9 Å². The molecule has 6 heterocycles. The number of nitrogens with one attached hydrogen (secondary N) is 1. The van der Waals surface area contributed by atoms with Crippen molar-refractivity contribution in [2.45, 2.75) is 58.7 Å². The number of alkyl halides is 2. The summed E-state index contributed by atoms with van der Waals surface area (Å²) < 4.78 is 29.5. The fraction of sp³-hybridized carbons (Fsp3) is 0.438. The van der Waals surface area contributed by atoms with E-state index in [0.29, 0.717) is 51.4 Å². The molecule has 3 aliphatic rings. The summed E-state index contributed by atoms with van der Waals surface area (Å²) in [5.74, 6) is -2.81. The number of aromatic nitrogens is 6.